The fourth-order valence-corrected chi connectivity index (χ4v) is 1.91. The number of hydrogen-bond acceptors (Lipinski definition) is 2. The molecule has 0 amide bonds. The predicted molar refractivity (Wildman–Crippen MR) is 76.2 cm³/mol. The molecule has 2 aromatic carbocycles. The lowest BCUT2D eigenvalue weighted by Crippen LogP contribution is -1.98. The second-order valence-corrected chi connectivity index (χ2v) is 4.13. The van der Waals surface area contributed by atoms with Crippen molar-refractivity contribution in [3.63, 3.8) is 0 Å². The maximum Gasteiger partial charge on any atom is 0.102 e. The van der Waals surface area contributed by atoms with Gasteiger partial charge in [-0.05, 0) is 17.2 Å². The molecule has 0 spiro atoms. The van der Waals surface area contributed by atoms with Gasteiger partial charge in [-0.1, -0.05) is 60.7 Å². The van der Waals surface area contributed by atoms with Gasteiger partial charge in [-0.15, -0.1) is 0 Å². The average molecular weight is 249 g/mol. The highest BCUT2D eigenvalue weighted by Gasteiger charge is 2.09. The molecule has 1 unspecified atom stereocenters. The third-order valence-corrected chi connectivity index (χ3v) is 2.91. The molecular weight excluding hydrogens is 234 g/mol. The fourth-order valence-electron chi connectivity index (χ4n) is 1.91. The molecule has 2 nitrogen and oxygen atoms in total. The molecule has 0 saturated heterocycles. The summed E-state index contributed by atoms with van der Waals surface area (Å²) in [4.78, 5) is 0. The van der Waals surface area contributed by atoms with Crippen molar-refractivity contribution >= 4 is 5.57 Å². The number of hydrogen-bond donors (Lipinski definition) is 0. The van der Waals surface area contributed by atoms with E-state index in [9.17, 15) is 5.26 Å². The van der Waals surface area contributed by atoms with E-state index in [1.165, 1.54) is 0 Å². The van der Waals surface area contributed by atoms with Crippen LogP contribution in [0, 0.1) is 11.3 Å². The molecule has 0 N–H and O–H groups in total. The van der Waals surface area contributed by atoms with E-state index in [0.717, 1.165) is 11.1 Å². The van der Waals surface area contributed by atoms with Gasteiger partial charge in [-0.3, -0.25) is 0 Å². The van der Waals surface area contributed by atoms with Crippen LogP contribution in [0.1, 0.15) is 17.2 Å². The normalized spacial score (nSPS) is 12.7. The Balaban J connectivity index is 2.34. The largest absolute Gasteiger partial charge is 0.373 e. The van der Waals surface area contributed by atoms with Crippen LogP contribution in [0.5, 0.6) is 0 Å². The van der Waals surface area contributed by atoms with Crippen molar-refractivity contribution in [1.29, 1.82) is 5.26 Å². The number of ether oxygens (including phenoxy) is 1. The molecule has 0 aliphatic carbocycles. The molecule has 1 atom stereocenters. The lowest BCUT2D eigenvalue weighted by molar-refractivity contribution is 0.143. The van der Waals surface area contributed by atoms with Crippen molar-refractivity contribution in [3.8, 4) is 6.07 Å². The molecule has 0 aliphatic heterocycles. The first-order chi connectivity index (χ1) is 9.35. The average Bonchev–Trinajstić information content (AvgIpc) is 2.50. The Morgan fingerprint density at radius 1 is 1.05 bits per heavy atom. The lowest BCUT2D eigenvalue weighted by Gasteiger charge is -2.12. The predicted octanol–water partition coefficient (Wildman–Crippen LogP) is 3.98. The summed E-state index contributed by atoms with van der Waals surface area (Å²) in [6.07, 6.45) is 1.64. The smallest absolute Gasteiger partial charge is 0.102 e. The van der Waals surface area contributed by atoms with Crippen molar-refractivity contribution < 1.29 is 4.74 Å². The molecular formula is C17H15NO. The molecule has 0 aromatic heterocycles. The van der Waals surface area contributed by atoms with Crippen LogP contribution in [0.3, 0.4) is 0 Å². The molecule has 0 bridgehead atoms. The third kappa shape index (κ3) is 3.31. The highest BCUT2D eigenvalue weighted by atomic mass is 16.5. The maximum absolute atomic E-state index is 9.30. The summed E-state index contributed by atoms with van der Waals surface area (Å²) in [5.41, 5.74) is 2.56. The van der Waals surface area contributed by atoms with Gasteiger partial charge in [0.25, 0.3) is 0 Å². The summed E-state index contributed by atoms with van der Waals surface area (Å²) in [5, 5.41) is 9.30. The zero-order valence-electron chi connectivity index (χ0n) is 10.8. The molecule has 0 heterocycles. The topological polar surface area (TPSA) is 33.0 Å². The monoisotopic (exact) mass is 249 g/mol. The van der Waals surface area contributed by atoms with Crippen LogP contribution in [0.15, 0.2) is 66.7 Å². The Morgan fingerprint density at radius 3 is 2.16 bits per heavy atom. The minimum Gasteiger partial charge on any atom is -0.373 e. The van der Waals surface area contributed by atoms with Crippen LogP contribution >= 0.6 is 0 Å². The Kier molecular flexibility index (Phi) is 4.49. The van der Waals surface area contributed by atoms with Crippen LogP contribution in [0.2, 0.25) is 0 Å². The molecule has 94 valence electrons. The Morgan fingerprint density at radius 2 is 1.63 bits per heavy atom. The van der Waals surface area contributed by atoms with E-state index in [-0.39, 0.29) is 6.10 Å². The summed E-state index contributed by atoms with van der Waals surface area (Å²) >= 11 is 0. The van der Waals surface area contributed by atoms with Gasteiger partial charge in [-0.25, -0.2) is 0 Å². The number of nitrogens with zero attached hydrogens (tertiary/aromatic N) is 1. The minimum absolute atomic E-state index is 0.212. The van der Waals surface area contributed by atoms with Crippen molar-refractivity contribution in [2.45, 2.75) is 6.10 Å². The Bertz CT molecular complexity index is 582. The van der Waals surface area contributed by atoms with Gasteiger partial charge < -0.3 is 4.74 Å². The van der Waals surface area contributed by atoms with Gasteiger partial charge in [0.1, 0.15) is 6.10 Å². The van der Waals surface area contributed by atoms with Gasteiger partial charge in [0.05, 0.1) is 11.6 Å². The van der Waals surface area contributed by atoms with Crippen LogP contribution < -0.4 is 0 Å². The van der Waals surface area contributed by atoms with Gasteiger partial charge >= 0.3 is 0 Å². The molecule has 0 fully saturated rings. The second kappa shape index (κ2) is 6.53. The zero-order valence-corrected chi connectivity index (χ0v) is 10.8. The first-order valence-corrected chi connectivity index (χ1v) is 6.10. The number of methoxy groups -OCH3 is 1. The molecule has 2 rings (SSSR count). The lowest BCUT2D eigenvalue weighted by atomic mass is 10.0. The number of allylic oxidation sites excluding steroid dienone is 1. The van der Waals surface area contributed by atoms with Crippen LogP contribution in [-0.2, 0) is 4.74 Å². The molecule has 0 saturated carbocycles. The maximum atomic E-state index is 9.30. The third-order valence-electron chi connectivity index (χ3n) is 2.91. The van der Waals surface area contributed by atoms with Gasteiger partial charge in [0, 0.05) is 7.11 Å². The minimum atomic E-state index is -0.212. The van der Waals surface area contributed by atoms with Crippen LogP contribution in [0.25, 0.3) is 5.57 Å². The number of nitriles is 1. The summed E-state index contributed by atoms with van der Waals surface area (Å²) in [6.45, 7) is 0. The molecule has 2 heteroatoms. The quantitative estimate of drug-likeness (QED) is 0.768. The Labute approximate surface area is 113 Å². The van der Waals surface area contributed by atoms with E-state index < -0.39 is 0 Å². The van der Waals surface area contributed by atoms with E-state index in [1.807, 2.05) is 66.7 Å². The Hall–Kier alpha value is -2.37. The van der Waals surface area contributed by atoms with Gasteiger partial charge in [0.2, 0.25) is 0 Å². The van der Waals surface area contributed by atoms with E-state index in [4.69, 9.17) is 4.74 Å². The van der Waals surface area contributed by atoms with Crippen LogP contribution in [-0.4, -0.2) is 7.11 Å². The molecule has 19 heavy (non-hydrogen) atoms. The highest BCUT2D eigenvalue weighted by molar-refractivity contribution is 5.77. The van der Waals surface area contributed by atoms with Crippen molar-refractivity contribution in [2.24, 2.45) is 0 Å². The van der Waals surface area contributed by atoms with Crippen molar-refractivity contribution in [1.82, 2.24) is 0 Å². The van der Waals surface area contributed by atoms with Gasteiger partial charge in [-0.2, -0.15) is 5.26 Å². The zero-order chi connectivity index (χ0) is 13.5. The van der Waals surface area contributed by atoms with Gasteiger partial charge in [0.15, 0.2) is 0 Å². The molecule has 0 aliphatic rings. The summed E-state index contributed by atoms with van der Waals surface area (Å²) in [7, 11) is 1.65. The van der Waals surface area contributed by atoms with Crippen LogP contribution in [0.4, 0.5) is 0 Å². The van der Waals surface area contributed by atoms with E-state index in [1.54, 1.807) is 7.11 Å². The first kappa shape index (κ1) is 13.1. The second-order valence-electron chi connectivity index (χ2n) is 4.13. The summed E-state index contributed by atoms with van der Waals surface area (Å²) in [5.74, 6) is 0. The summed E-state index contributed by atoms with van der Waals surface area (Å²) < 4.78 is 5.46. The number of rotatable bonds is 4. The fraction of sp³-hybridized carbons (Fsp3) is 0.118. The van der Waals surface area contributed by atoms with E-state index in [2.05, 4.69) is 6.07 Å². The standard InChI is InChI=1S/C17H15NO/c1-19-17(15-10-6-3-7-11-15)12-16(13-18)14-8-4-2-5-9-14/h2-12,17H,1H3/b16-12+. The van der Waals surface area contributed by atoms with E-state index in [0.29, 0.717) is 5.57 Å². The first-order valence-electron chi connectivity index (χ1n) is 6.10. The molecule has 0 radical (unpaired) electrons. The SMILES string of the molecule is COC(/C=C(\C#N)c1ccccc1)c1ccccc1. The molecule has 2 aromatic rings. The highest BCUT2D eigenvalue weighted by Crippen LogP contribution is 2.23. The van der Waals surface area contributed by atoms with E-state index >= 15 is 0 Å². The number of benzene rings is 2. The van der Waals surface area contributed by atoms with Crippen molar-refractivity contribution in [3.05, 3.63) is 77.9 Å². The summed E-state index contributed by atoms with van der Waals surface area (Å²) in [6, 6.07) is 21.7. The van der Waals surface area contributed by atoms with Crippen molar-refractivity contribution in [2.75, 3.05) is 7.11 Å².